The molecule has 2 aromatic heterocycles. The number of H-pyrrole nitrogens is 1. The quantitative estimate of drug-likeness (QED) is 0.794. The Morgan fingerprint density at radius 2 is 2.20 bits per heavy atom. The largest absolute Gasteiger partial charge is 0.480 e. The second-order valence-corrected chi connectivity index (χ2v) is 3.15. The molecule has 2 heterocycles. The zero-order valence-electron chi connectivity index (χ0n) is 7.92. The summed E-state index contributed by atoms with van der Waals surface area (Å²) in [6, 6.07) is 8.76. The van der Waals surface area contributed by atoms with Crippen LogP contribution >= 0.6 is 0 Å². The Balaban J connectivity index is 2.42. The van der Waals surface area contributed by atoms with Crippen LogP contribution in [0.5, 0.6) is 0 Å². The van der Waals surface area contributed by atoms with Crippen LogP contribution in [0.15, 0.2) is 42.7 Å². The summed E-state index contributed by atoms with van der Waals surface area (Å²) in [6.45, 7) is 0. The zero-order chi connectivity index (χ0) is 10.7. The molecule has 2 N–H and O–H groups in total. The molecule has 0 aliphatic heterocycles. The predicted octanol–water partition coefficient (Wildman–Crippen LogP) is 1.63. The molecule has 0 fully saturated rings. The van der Waals surface area contributed by atoms with Gasteiger partial charge in [-0.2, -0.15) is 0 Å². The van der Waals surface area contributed by atoms with E-state index in [0.29, 0.717) is 11.4 Å². The van der Waals surface area contributed by atoms with Gasteiger partial charge in [0.2, 0.25) is 0 Å². The molecule has 4 nitrogen and oxygen atoms in total. The van der Waals surface area contributed by atoms with Gasteiger partial charge in [0.1, 0.15) is 5.92 Å². The molecule has 2 aromatic rings. The van der Waals surface area contributed by atoms with Crippen LogP contribution in [0, 0.1) is 0 Å². The molecule has 0 aliphatic carbocycles. The van der Waals surface area contributed by atoms with Gasteiger partial charge >= 0.3 is 5.97 Å². The molecule has 0 aromatic carbocycles. The fourth-order valence-corrected chi connectivity index (χ4v) is 1.49. The van der Waals surface area contributed by atoms with E-state index < -0.39 is 11.9 Å². The maximum atomic E-state index is 11.1. The van der Waals surface area contributed by atoms with E-state index in [1.165, 1.54) is 0 Å². The van der Waals surface area contributed by atoms with E-state index in [-0.39, 0.29) is 0 Å². The van der Waals surface area contributed by atoms with Gasteiger partial charge in [0.05, 0.1) is 5.69 Å². The average molecular weight is 202 g/mol. The van der Waals surface area contributed by atoms with Crippen molar-refractivity contribution in [2.75, 3.05) is 0 Å². The first-order valence-corrected chi connectivity index (χ1v) is 4.56. The molecule has 0 spiro atoms. The van der Waals surface area contributed by atoms with E-state index in [0.717, 1.165) is 0 Å². The summed E-state index contributed by atoms with van der Waals surface area (Å²) < 4.78 is 0. The second-order valence-electron chi connectivity index (χ2n) is 3.15. The number of carboxylic acid groups (broad SMARTS) is 1. The number of aliphatic carboxylic acids is 1. The smallest absolute Gasteiger partial charge is 0.318 e. The first kappa shape index (κ1) is 9.45. The lowest BCUT2D eigenvalue weighted by atomic mass is 10.0. The standard InChI is InChI=1S/C11H10N2O2/c14-11(15)10(9-5-3-7-13-9)8-4-1-2-6-12-8/h1-7,10,13H,(H,14,15). The summed E-state index contributed by atoms with van der Waals surface area (Å²) in [6.07, 6.45) is 3.29. The highest BCUT2D eigenvalue weighted by Gasteiger charge is 2.23. The number of carbonyl (C=O) groups is 1. The molecule has 1 atom stereocenters. The van der Waals surface area contributed by atoms with E-state index in [9.17, 15) is 4.79 Å². The Bertz CT molecular complexity index is 437. The minimum Gasteiger partial charge on any atom is -0.480 e. The molecule has 0 saturated carbocycles. The topological polar surface area (TPSA) is 66.0 Å². The highest BCUT2D eigenvalue weighted by molar-refractivity contribution is 5.79. The summed E-state index contributed by atoms with van der Waals surface area (Å²) in [5, 5.41) is 9.14. The van der Waals surface area contributed by atoms with Crippen molar-refractivity contribution in [2.45, 2.75) is 5.92 Å². The van der Waals surface area contributed by atoms with E-state index in [2.05, 4.69) is 9.97 Å². The molecule has 1 unspecified atom stereocenters. The van der Waals surface area contributed by atoms with Gasteiger partial charge in [-0.15, -0.1) is 0 Å². The van der Waals surface area contributed by atoms with Gasteiger partial charge < -0.3 is 10.1 Å². The zero-order valence-corrected chi connectivity index (χ0v) is 7.92. The van der Waals surface area contributed by atoms with Gasteiger partial charge in [-0.25, -0.2) is 0 Å². The van der Waals surface area contributed by atoms with Crippen LogP contribution < -0.4 is 0 Å². The van der Waals surface area contributed by atoms with Gasteiger partial charge in [-0.05, 0) is 24.3 Å². The van der Waals surface area contributed by atoms with Gasteiger partial charge in [-0.1, -0.05) is 6.07 Å². The van der Waals surface area contributed by atoms with Crippen molar-refractivity contribution in [3.8, 4) is 0 Å². The van der Waals surface area contributed by atoms with Crippen LogP contribution in [-0.2, 0) is 4.79 Å². The van der Waals surface area contributed by atoms with Crippen molar-refractivity contribution in [1.29, 1.82) is 0 Å². The molecule has 2 rings (SSSR count). The molecule has 15 heavy (non-hydrogen) atoms. The fraction of sp³-hybridized carbons (Fsp3) is 0.0909. The summed E-state index contributed by atoms with van der Waals surface area (Å²) >= 11 is 0. The molecule has 4 heteroatoms. The summed E-state index contributed by atoms with van der Waals surface area (Å²) in [5.41, 5.74) is 1.17. The Morgan fingerprint density at radius 1 is 1.33 bits per heavy atom. The number of aromatic nitrogens is 2. The minimum atomic E-state index is -0.906. The summed E-state index contributed by atoms with van der Waals surface area (Å²) in [4.78, 5) is 18.1. The highest BCUT2D eigenvalue weighted by atomic mass is 16.4. The van der Waals surface area contributed by atoms with Crippen LogP contribution in [0.25, 0.3) is 0 Å². The lowest BCUT2D eigenvalue weighted by molar-refractivity contribution is -0.137. The first-order valence-electron chi connectivity index (χ1n) is 4.56. The van der Waals surface area contributed by atoms with E-state index >= 15 is 0 Å². The third kappa shape index (κ3) is 1.88. The van der Waals surface area contributed by atoms with Crippen molar-refractivity contribution in [2.24, 2.45) is 0 Å². The number of carboxylic acids is 1. The molecule has 0 amide bonds. The summed E-state index contributed by atoms with van der Waals surface area (Å²) in [7, 11) is 0. The molecule has 0 saturated heterocycles. The van der Waals surface area contributed by atoms with Crippen LogP contribution in [0.4, 0.5) is 0 Å². The van der Waals surface area contributed by atoms with Crippen LogP contribution in [0.1, 0.15) is 17.3 Å². The fourth-order valence-electron chi connectivity index (χ4n) is 1.49. The highest BCUT2D eigenvalue weighted by Crippen LogP contribution is 2.21. The van der Waals surface area contributed by atoms with Crippen LogP contribution in [-0.4, -0.2) is 21.0 Å². The third-order valence-electron chi connectivity index (χ3n) is 2.16. The Morgan fingerprint density at radius 3 is 2.73 bits per heavy atom. The normalized spacial score (nSPS) is 12.3. The monoisotopic (exact) mass is 202 g/mol. The Labute approximate surface area is 86.6 Å². The lowest BCUT2D eigenvalue weighted by Gasteiger charge is -2.09. The maximum absolute atomic E-state index is 11.1. The maximum Gasteiger partial charge on any atom is 0.318 e. The van der Waals surface area contributed by atoms with Gasteiger partial charge in [0, 0.05) is 18.1 Å². The lowest BCUT2D eigenvalue weighted by Crippen LogP contribution is -2.14. The van der Waals surface area contributed by atoms with E-state index in [1.807, 2.05) is 0 Å². The van der Waals surface area contributed by atoms with Crippen molar-refractivity contribution in [3.05, 3.63) is 54.1 Å². The van der Waals surface area contributed by atoms with Gasteiger partial charge in [0.15, 0.2) is 0 Å². The number of hydrogen-bond donors (Lipinski definition) is 2. The number of aromatic amines is 1. The van der Waals surface area contributed by atoms with Crippen molar-refractivity contribution < 1.29 is 9.90 Å². The van der Waals surface area contributed by atoms with Crippen molar-refractivity contribution in [3.63, 3.8) is 0 Å². The second kappa shape index (κ2) is 3.96. The number of pyridine rings is 1. The van der Waals surface area contributed by atoms with Crippen molar-refractivity contribution >= 4 is 5.97 Å². The van der Waals surface area contributed by atoms with E-state index in [1.54, 1.807) is 42.7 Å². The van der Waals surface area contributed by atoms with E-state index in [4.69, 9.17) is 5.11 Å². The molecule has 76 valence electrons. The van der Waals surface area contributed by atoms with Gasteiger partial charge in [0.25, 0.3) is 0 Å². The molecular formula is C11H10N2O2. The predicted molar refractivity (Wildman–Crippen MR) is 54.5 cm³/mol. The minimum absolute atomic E-state index is 0.535. The number of nitrogens with one attached hydrogen (secondary N) is 1. The average Bonchev–Trinajstić information content (AvgIpc) is 2.72. The molecule has 0 bridgehead atoms. The molecule has 0 aliphatic rings. The summed E-state index contributed by atoms with van der Waals surface area (Å²) in [5.74, 6) is -1.63. The SMILES string of the molecule is O=C(O)C(c1ccccn1)c1ccc[nH]1. The third-order valence-corrected chi connectivity index (χ3v) is 2.16. The number of hydrogen-bond acceptors (Lipinski definition) is 2. The molecule has 0 radical (unpaired) electrons. The van der Waals surface area contributed by atoms with Crippen LogP contribution in [0.3, 0.4) is 0 Å². The Kier molecular flexibility index (Phi) is 2.49. The number of nitrogens with zero attached hydrogens (tertiary/aromatic N) is 1. The van der Waals surface area contributed by atoms with Crippen LogP contribution in [0.2, 0.25) is 0 Å². The molecular weight excluding hydrogens is 192 g/mol. The number of rotatable bonds is 3. The first-order chi connectivity index (χ1) is 7.29. The van der Waals surface area contributed by atoms with Gasteiger partial charge in [-0.3, -0.25) is 9.78 Å². The Hall–Kier alpha value is -2.10. The van der Waals surface area contributed by atoms with Crippen molar-refractivity contribution in [1.82, 2.24) is 9.97 Å².